The molecule has 1 aliphatic heterocycles. The second kappa shape index (κ2) is 4.04. The molecule has 2 heterocycles. The first kappa shape index (κ1) is 10.2. The van der Waals surface area contributed by atoms with Crippen molar-refractivity contribution in [3.63, 3.8) is 0 Å². The van der Waals surface area contributed by atoms with Crippen LogP contribution in [-0.4, -0.2) is 20.6 Å². The Morgan fingerprint density at radius 3 is 3.00 bits per heavy atom. The Morgan fingerprint density at radius 2 is 2.33 bits per heavy atom. The third-order valence-electron chi connectivity index (χ3n) is 2.88. The highest BCUT2D eigenvalue weighted by Gasteiger charge is 2.22. The molecule has 0 aliphatic carbocycles. The summed E-state index contributed by atoms with van der Waals surface area (Å²) in [7, 11) is 0. The van der Waals surface area contributed by atoms with E-state index in [2.05, 4.69) is 11.9 Å². The Bertz CT molecular complexity index is 382. The number of hydrogen-bond acceptors (Lipinski definition) is 2. The number of carboxylic acid groups (broad SMARTS) is 1. The van der Waals surface area contributed by atoms with Crippen LogP contribution in [0.15, 0.2) is 0 Å². The van der Waals surface area contributed by atoms with E-state index in [1.165, 1.54) is 0 Å². The fourth-order valence-corrected chi connectivity index (χ4v) is 2.22. The number of aryl methyl sites for hydroxylation is 1. The van der Waals surface area contributed by atoms with Crippen molar-refractivity contribution in [2.45, 2.75) is 45.6 Å². The molecule has 0 bridgehead atoms. The maximum atomic E-state index is 11.0. The minimum atomic E-state index is -0.902. The highest BCUT2D eigenvalue weighted by molar-refractivity contribution is 5.84. The Hall–Kier alpha value is -1.32. The third-order valence-corrected chi connectivity index (χ3v) is 2.88. The summed E-state index contributed by atoms with van der Waals surface area (Å²) in [5.41, 5.74) is 2.15. The fourth-order valence-electron chi connectivity index (χ4n) is 2.22. The highest BCUT2D eigenvalue weighted by Crippen LogP contribution is 2.21. The lowest BCUT2D eigenvalue weighted by molar-refractivity contribution is 0.0677. The van der Waals surface area contributed by atoms with E-state index in [0.29, 0.717) is 0 Å². The van der Waals surface area contributed by atoms with Gasteiger partial charge in [0.15, 0.2) is 0 Å². The number of rotatable bonds is 3. The van der Waals surface area contributed by atoms with Crippen molar-refractivity contribution in [2.24, 2.45) is 0 Å². The highest BCUT2D eigenvalue weighted by atomic mass is 16.4. The number of fused-ring (bicyclic) bond motifs is 1. The smallest absolute Gasteiger partial charge is 0.372 e. The van der Waals surface area contributed by atoms with Gasteiger partial charge < -0.3 is 9.67 Å². The molecule has 0 amide bonds. The van der Waals surface area contributed by atoms with Crippen LogP contribution in [0.4, 0.5) is 0 Å². The van der Waals surface area contributed by atoms with Gasteiger partial charge in [-0.15, -0.1) is 0 Å². The Kier molecular flexibility index (Phi) is 2.75. The molecule has 0 unspecified atom stereocenters. The maximum Gasteiger partial charge on any atom is 0.372 e. The maximum absolute atomic E-state index is 11.0. The Morgan fingerprint density at radius 1 is 1.53 bits per heavy atom. The van der Waals surface area contributed by atoms with E-state index in [0.717, 1.165) is 50.0 Å². The van der Waals surface area contributed by atoms with Crippen molar-refractivity contribution in [1.82, 2.24) is 9.55 Å². The van der Waals surface area contributed by atoms with Gasteiger partial charge in [0.2, 0.25) is 5.82 Å². The molecule has 1 N–H and O–H groups in total. The van der Waals surface area contributed by atoms with Crippen LogP contribution in [0.2, 0.25) is 0 Å². The molecule has 4 heteroatoms. The molecule has 0 radical (unpaired) electrons. The first-order valence-corrected chi connectivity index (χ1v) is 5.55. The lowest BCUT2D eigenvalue weighted by Crippen LogP contribution is -2.16. The summed E-state index contributed by atoms with van der Waals surface area (Å²) in [4.78, 5) is 15.3. The van der Waals surface area contributed by atoms with E-state index in [1.807, 2.05) is 4.57 Å². The van der Waals surface area contributed by atoms with E-state index in [1.54, 1.807) is 0 Å². The van der Waals surface area contributed by atoms with Crippen molar-refractivity contribution >= 4 is 5.97 Å². The molecule has 1 aromatic rings. The molecule has 0 saturated heterocycles. The van der Waals surface area contributed by atoms with Crippen LogP contribution in [0, 0.1) is 0 Å². The predicted octanol–water partition coefficient (Wildman–Crippen LogP) is 1.87. The second-order valence-electron chi connectivity index (χ2n) is 3.99. The van der Waals surface area contributed by atoms with Gasteiger partial charge in [-0.25, -0.2) is 9.78 Å². The lowest BCUT2D eigenvalue weighted by Gasteiger charge is -2.16. The summed E-state index contributed by atoms with van der Waals surface area (Å²) in [5.74, 6) is -0.673. The average Bonchev–Trinajstić information content (AvgIpc) is 2.59. The summed E-state index contributed by atoms with van der Waals surface area (Å²) in [6.45, 7) is 2.91. The normalized spacial score (nSPS) is 15.0. The summed E-state index contributed by atoms with van der Waals surface area (Å²) >= 11 is 0. The Labute approximate surface area is 88.9 Å². The van der Waals surface area contributed by atoms with Gasteiger partial charge in [-0.3, -0.25) is 0 Å². The van der Waals surface area contributed by atoms with Gasteiger partial charge in [0.1, 0.15) is 0 Å². The van der Waals surface area contributed by atoms with Crippen molar-refractivity contribution in [2.75, 3.05) is 0 Å². The van der Waals surface area contributed by atoms with Crippen molar-refractivity contribution in [3.05, 3.63) is 17.2 Å². The standard InChI is InChI=1S/C11H16N2O2/c1-2-5-8-9-6-3-4-7-13(9)10(12-8)11(14)15/h2-7H2,1H3,(H,14,15). The van der Waals surface area contributed by atoms with Crippen LogP contribution in [0.5, 0.6) is 0 Å². The molecule has 1 aliphatic rings. The zero-order valence-corrected chi connectivity index (χ0v) is 8.99. The van der Waals surface area contributed by atoms with E-state index >= 15 is 0 Å². The molecule has 0 atom stereocenters. The fraction of sp³-hybridized carbons (Fsp3) is 0.636. The molecule has 0 saturated carbocycles. The summed E-state index contributed by atoms with van der Waals surface area (Å²) in [5, 5.41) is 9.04. The lowest BCUT2D eigenvalue weighted by atomic mass is 10.1. The van der Waals surface area contributed by atoms with E-state index in [-0.39, 0.29) is 5.82 Å². The first-order valence-electron chi connectivity index (χ1n) is 5.55. The molecular formula is C11H16N2O2. The van der Waals surface area contributed by atoms with Crippen molar-refractivity contribution in [1.29, 1.82) is 0 Å². The summed E-state index contributed by atoms with van der Waals surface area (Å²) in [6, 6.07) is 0. The molecule has 15 heavy (non-hydrogen) atoms. The summed E-state index contributed by atoms with van der Waals surface area (Å²) in [6.07, 6.45) is 5.11. The van der Waals surface area contributed by atoms with Crippen LogP contribution < -0.4 is 0 Å². The van der Waals surface area contributed by atoms with E-state index in [4.69, 9.17) is 5.11 Å². The minimum absolute atomic E-state index is 0.230. The topological polar surface area (TPSA) is 55.1 Å². The number of carbonyl (C=O) groups is 1. The zero-order valence-electron chi connectivity index (χ0n) is 8.99. The largest absolute Gasteiger partial charge is 0.475 e. The zero-order chi connectivity index (χ0) is 10.8. The van der Waals surface area contributed by atoms with Crippen LogP contribution >= 0.6 is 0 Å². The SMILES string of the molecule is CCCc1nc(C(=O)O)n2c1CCCC2. The van der Waals surface area contributed by atoms with Crippen LogP contribution in [0.1, 0.15) is 48.2 Å². The minimum Gasteiger partial charge on any atom is -0.475 e. The number of nitrogens with zero attached hydrogens (tertiary/aromatic N) is 2. The van der Waals surface area contributed by atoms with Gasteiger partial charge in [0.05, 0.1) is 5.69 Å². The number of aromatic carboxylic acids is 1. The third kappa shape index (κ3) is 1.76. The second-order valence-corrected chi connectivity index (χ2v) is 3.99. The molecule has 0 fully saturated rings. The van der Waals surface area contributed by atoms with Gasteiger partial charge in [0, 0.05) is 12.2 Å². The molecule has 1 aromatic heterocycles. The van der Waals surface area contributed by atoms with E-state index < -0.39 is 5.97 Å². The molecular weight excluding hydrogens is 192 g/mol. The molecule has 82 valence electrons. The monoisotopic (exact) mass is 208 g/mol. The van der Waals surface area contributed by atoms with Gasteiger partial charge >= 0.3 is 5.97 Å². The van der Waals surface area contributed by atoms with Crippen molar-refractivity contribution in [3.8, 4) is 0 Å². The van der Waals surface area contributed by atoms with Crippen LogP contribution in [0.3, 0.4) is 0 Å². The molecule has 4 nitrogen and oxygen atoms in total. The Balaban J connectivity index is 2.44. The number of imidazole rings is 1. The van der Waals surface area contributed by atoms with Crippen molar-refractivity contribution < 1.29 is 9.90 Å². The number of hydrogen-bond donors (Lipinski definition) is 1. The summed E-state index contributed by atoms with van der Waals surface area (Å²) < 4.78 is 1.89. The van der Waals surface area contributed by atoms with E-state index in [9.17, 15) is 4.79 Å². The van der Waals surface area contributed by atoms with Gasteiger partial charge in [0.25, 0.3) is 0 Å². The molecule has 0 aromatic carbocycles. The molecule has 0 spiro atoms. The van der Waals surface area contributed by atoms with Gasteiger partial charge in [-0.2, -0.15) is 0 Å². The number of aromatic nitrogens is 2. The predicted molar refractivity (Wildman–Crippen MR) is 56.1 cm³/mol. The molecule has 2 rings (SSSR count). The van der Waals surface area contributed by atoms with Crippen LogP contribution in [0.25, 0.3) is 0 Å². The number of carboxylic acids is 1. The quantitative estimate of drug-likeness (QED) is 0.825. The van der Waals surface area contributed by atoms with Gasteiger partial charge in [-0.1, -0.05) is 13.3 Å². The van der Waals surface area contributed by atoms with Gasteiger partial charge in [-0.05, 0) is 25.7 Å². The van der Waals surface area contributed by atoms with Crippen LogP contribution in [-0.2, 0) is 19.4 Å². The average molecular weight is 208 g/mol. The first-order chi connectivity index (χ1) is 7.24.